The first-order valence-electron chi connectivity index (χ1n) is 5.48. The molecule has 0 aliphatic heterocycles. The fourth-order valence-electron chi connectivity index (χ4n) is 1.49. The summed E-state index contributed by atoms with van der Waals surface area (Å²) in [6.07, 6.45) is 2.26. The molecule has 2 aromatic heterocycles. The third-order valence-electron chi connectivity index (χ3n) is 2.59. The minimum atomic E-state index is -0.357. The first-order chi connectivity index (χ1) is 8.11. The molecule has 6 nitrogen and oxygen atoms in total. The maximum atomic E-state index is 11.5. The Morgan fingerprint density at radius 2 is 2.35 bits per heavy atom. The number of hydrogen-bond acceptors (Lipinski definition) is 5. The van der Waals surface area contributed by atoms with Gasteiger partial charge in [-0.15, -0.1) is 0 Å². The lowest BCUT2D eigenvalue weighted by Gasteiger charge is -2.00. The average Bonchev–Trinajstić information content (AvgIpc) is 2.95. The lowest BCUT2D eigenvalue weighted by molar-refractivity contribution is -0.120. The number of hydrogen-bond donors (Lipinski definition) is 0. The van der Waals surface area contributed by atoms with Gasteiger partial charge in [-0.2, -0.15) is 10.1 Å². The summed E-state index contributed by atoms with van der Waals surface area (Å²) < 4.78 is 6.74. The van der Waals surface area contributed by atoms with Crippen molar-refractivity contribution in [1.82, 2.24) is 19.9 Å². The molecule has 2 aromatic rings. The summed E-state index contributed by atoms with van der Waals surface area (Å²) in [5.74, 6) is 0.486. The van der Waals surface area contributed by atoms with Crippen LogP contribution in [0.25, 0.3) is 11.5 Å². The van der Waals surface area contributed by atoms with E-state index in [0.29, 0.717) is 23.8 Å². The van der Waals surface area contributed by atoms with Gasteiger partial charge in [0.1, 0.15) is 11.5 Å². The summed E-state index contributed by atoms with van der Waals surface area (Å²) in [6.45, 7) is 3.58. The molecule has 2 rings (SSSR count). The Morgan fingerprint density at radius 1 is 1.59 bits per heavy atom. The third-order valence-corrected chi connectivity index (χ3v) is 2.59. The fraction of sp³-hybridized carbons (Fsp3) is 0.455. The van der Waals surface area contributed by atoms with Crippen LogP contribution in [0.5, 0.6) is 0 Å². The van der Waals surface area contributed by atoms with Gasteiger partial charge >= 0.3 is 0 Å². The zero-order valence-electron chi connectivity index (χ0n) is 10.0. The highest BCUT2D eigenvalue weighted by Crippen LogP contribution is 2.19. The van der Waals surface area contributed by atoms with Crippen LogP contribution in [0.15, 0.2) is 16.8 Å². The van der Waals surface area contributed by atoms with Gasteiger partial charge in [0.15, 0.2) is 0 Å². The van der Waals surface area contributed by atoms with E-state index in [-0.39, 0.29) is 11.7 Å². The number of carbonyl (C=O) groups is 1. The van der Waals surface area contributed by atoms with E-state index in [9.17, 15) is 4.79 Å². The number of aryl methyl sites for hydroxylation is 1. The number of Topliss-reactive ketones (excluding diaryl/α,β-unsaturated/α-hetero) is 1. The summed E-state index contributed by atoms with van der Waals surface area (Å²) in [5.41, 5.74) is 0.638. The molecule has 0 N–H and O–H groups in total. The average molecular weight is 234 g/mol. The molecule has 0 saturated heterocycles. The highest BCUT2D eigenvalue weighted by molar-refractivity contribution is 5.84. The van der Waals surface area contributed by atoms with Crippen LogP contribution in [0, 0.1) is 0 Å². The third kappa shape index (κ3) is 2.25. The van der Waals surface area contributed by atoms with Crippen LogP contribution in [0.1, 0.15) is 32.1 Å². The predicted molar refractivity (Wildman–Crippen MR) is 60.2 cm³/mol. The normalized spacial score (nSPS) is 12.6. The maximum absolute atomic E-state index is 11.5. The molecule has 0 amide bonds. The van der Waals surface area contributed by atoms with E-state index in [1.807, 2.05) is 14.0 Å². The first kappa shape index (κ1) is 11.5. The molecule has 0 fully saturated rings. The molecular formula is C11H14N4O2. The van der Waals surface area contributed by atoms with Gasteiger partial charge in [0.05, 0.1) is 5.92 Å². The van der Waals surface area contributed by atoms with Gasteiger partial charge in [-0.25, -0.2) is 0 Å². The molecule has 0 aromatic carbocycles. The molecule has 2 heterocycles. The molecule has 17 heavy (non-hydrogen) atoms. The van der Waals surface area contributed by atoms with Crippen LogP contribution in [-0.2, 0) is 11.8 Å². The molecule has 0 aliphatic rings. The molecule has 0 radical (unpaired) electrons. The van der Waals surface area contributed by atoms with Gasteiger partial charge in [-0.3, -0.25) is 9.48 Å². The second-order valence-electron chi connectivity index (χ2n) is 3.87. The number of carbonyl (C=O) groups excluding carboxylic acids is 1. The van der Waals surface area contributed by atoms with Gasteiger partial charge in [0, 0.05) is 19.7 Å². The fourth-order valence-corrected chi connectivity index (χ4v) is 1.49. The molecule has 0 bridgehead atoms. The van der Waals surface area contributed by atoms with Crippen molar-refractivity contribution in [3.8, 4) is 11.5 Å². The monoisotopic (exact) mass is 234 g/mol. The molecule has 0 saturated carbocycles. The summed E-state index contributed by atoms with van der Waals surface area (Å²) in [4.78, 5) is 15.7. The largest absolute Gasteiger partial charge is 0.338 e. The first-order valence-corrected chi connectivity index (χ1v) is 5.48. The number of ketones is 1. The summed E-state index contributed by atoms with van der Waals surface area (Å²) in [5, 5.41) is 7.99. The van der Waals surface area contributed by atoms with Crippen molar-refractivity contribution in [1.29, 1.82) is 0 Å². The number of aromatic nitrogens is 4. The van der Waals surface area contributed by atoms with Crippen LogP contribution >= 0.6 is 0 Å². The van der Waals surface area contributed by atoms with Gasteiger partial charge < -0.3 is 4.52 Å². The van der Waals surface area contributed by atoms with E-state index < -0.39 is 0 Å². The second kappa shape index (κ2) is 4.48. The van der Waals surface area contributed by atoms with Crippen molar-refractivity contribution in [2.45, 2.75) is 26.2 Å². The van der Waals surface area contributed by atoms with Crippen LogP contribution in [-0.4, -0.2) is 25.7 Å². The Morgan fingerprint density at radius 3 is 2.94 bits per heavy atom. The Bertz CT molecular complexity index is 529. The van der Waals surface area contributed by atoms with Gasteiger partial charge in [0.2, 0.25) is 11.7 Å². The highest BCUT2D eigenvalue weighted by Gasteiger charge is 2.21. The number of nitrogens with zero attached hydrogens (tertiary/aromatic N) is 4. The van der Waals surface area contributed by atoms with Crippen LogP contribution in [0.4, 0.5) is 0 Å². The zero-order chi connectivity index (χ0) is 12.4. The van der Waals surface area contributed by atoms with Crippen molar-refractivity contribution in [3.63, 3.8) is 0 Å². The van der Waals surface area contributed by atoms with Crippen LogP contribution < -0.4 is 0 Å². The van der Waals surface area contributed by atoms with Crippen molar-refractivity contribution >= 4 is 5.78 Å². The molecule has 0 spiro atoms. The summed E-state index contributed by atoms with van der Waals surface area (Å²) >= 11 is 0. The smallest absolute Gasteiger partial charge is 0.237 e. The Hall–Kier alpha value is -1.98. The Labute approximate surface area is 98.6 Å². The topological polar surface area (TPSA) is 73.8 Å². The van der Waals surface area contributed by atoms with E-state index in [1.165, 1.54) is 0 Å². The standard InChI is InChI=1S/C11H14N4O2/c1-4-9(16)7(2)11-12-10(14-17-11)8-5-6-15(3)13-8/h5-7H,4H2,1-3H3. The minimum Gasteiger partial charge on any atom is -0.338 e. The Balaban J connectivity index is 2.24. The van der Waals surface area contributed by atoms with E-state index in [4.69, 9.17) is 4.52 Å². The van der Waals surface area contributed by atoms with Crippen LogP contribution in [0.3, 0.4) is 0 Å². The summed E-state index contributed by atoms with van der Waals surface area (Å²) in [6, 6.07) is 1.79. The van der Waals surface area contributed by atoms with E-state index >= 15 is 0 Å². The molecular weight excluding hydrogens is 220 g/mol. The van der Waals surface area contributed by atoms with E-state index in [0.717, 1.165) is 0 Å². The minimum absolute atomic E-state index is 0.0845. The van der Waals surface area contributed by atoms with Crippen LogP contribution in [0.2, 0.25) is 0 Å². The molecule has 1 atom stereocenters. The Kier molecular flexibility index (Phi) is 3.03. The van der Waals surface area contributed by atoms with Gasteiger partial charge in [0.25, 0.3) is 0 Å². The quantitative estimate of drug-likeness (QED) is 0.802. The predicted octanol–water partition coefficient (Wildman–Crippen LogP) is 1.55. The molecule has 1 unspecified atom stereocenters. The molecule has 90 valence electrons. The van der Waals surface area contributed by atoms with Gasteiger partial charge in [-0.05, 0) is 13.0 Å². The van der Waals surface area contributed by atoms with Crippen molar-refractivity contribution in [2.24, 2.45) is 7.05 Å². The zero-order valence-corrected chi connectivity index (χ0v) is 10.0. The molecule has 6 heteroatoms. The van der Waals surface area contributed by atoms with Gasteiger partial charge in [-0.1, -0.05) is 12.1 Å². The maximum Gasteiger partial charge on any atom is 0.237 e. The SMILES string of the molecule is CCC(=O)C(C)c1nc(-c2ccn(C)n2)no1. The van der Waals surface area contributed by atoms with E-state index in [2.05, 4.69) is 15.2 Å². The van der Waals surface area contributed by atoms with E-state index in [1.54, 1.807) is 23.9 Å². The summed E-state index contributed by atoms with van der Waals surface area (Å²) in [7, 11) is 1.81. The lowest BCUT2D eigenvalue weighted by atomic mass is 10.1. The van der Waals surface area contributed by atoms with Crippen molar-refractivity contribution in [2.75, 3.05) is 0 Å². The lowest BCUT2D eigenvalue weighted by Crippen LogP contribution is -2.07. The highest BCUT2D eigenvalue weighted by atomic mass is 16.5. The number of rotatable bonds is 4. The van der Waals surface area contributed by atoms with Crippen molar-refractivity contribution < 1.29 is 9.32 Å². The molecule has 0 aliphatic carbocycles. The second-order valence-corrected chi connectivity index (χ2v) is 3.87. The van der Waals surface area contributed by atoms with Crippen molar-refractivity contribution in [3.05, 3.63) is 18.2 Å².